The van der Waals surface area contributed by atoms with Crippen molar-refractivity contribution in [3.8, 4) is 11.1 Å². The molecule has 8 rings (SSSR count). The third-order valence-electron chi connectivity index (χ3n) is 11.4. The van der Waals surface area contributed by atoms with Crippen molar-refractivity contribution in [1.29, 1.82) is 0 Å². The molecule has 6 aliphatic carbocycles. The Balaban J connectivity index is 1.33. The van der Waals surface area contributed by atoms with Crippen LogP contribution in [-0.4, -0.2) is 3.21 Å². The molecule has 1 heteroatoms. The summed E-state index contributed by atoms with van der Waals surface area (Å²) < 4.78 is 5.38. The molecule has 0 saturated heterocycles. The van der Waals surface area contributed by atoms with Gasteiger partial charge in [-0.25, -0.2) is 0 Å². The summed E-state index contributed by atoms with van der Waals surface area (Å²) in [6, 6.07) is 12.6. The van der Waals surface area contributed by atoms with E-state index in [0.717, 1.165) is 24.2 Å². The maximum atomic E-state index is 2.81. The Kier molecular flexibility index (Phi) is 6.42. The van der Waals surface area contributed by atoms with E-state index in [9.17, 15) is 0 Å². The number of benzene rings is 2. The van der Waals surface area contributed by atoms with Crippen molar-refractivity contribution >= 4 is 6.48 Å². The van der Waals surface area contributed by atoms with Crippen molar-refractivity contribution in [2.75, 3.05) is 0 Å². The van der Waals surface area contributed by atoms with Crippen LogP contribution in [0.1, 0.15) is 123 Å². The van der Waals surface area contributed by atoms with Crippen molar-refractivity contribution in [2.24, 2.45) is 23.2 Å². The van der Waals surface area contributed by atoms with Crippen molar-refractivity contribution < 1.29 is 21.3 Å². The van der Waals surface area contributed by atoms with Crippen LogP contribution in [0.2, 0.25) is 0 Å². The molecule has 6 aliphatic rings. The first-order valence-electron chi connectivity index (χ1n) is 16.2. The van der Waals surface area contributed by atoms with Crippen molar-refractivity contribution in [1.82, 2.24) is 0 Å². The Morgan fingerprint density at radius 1 is 0.775 bits per heavy atom. The molecule has 4 bridgehead atoms. The van der Waals surface area contributed by atoms with Crippen LogP contribution in [0.25, 0.3) is 11.1 Å². The van der Waals surface area contributed by atoms with E-state index >= 15 is 0 Å². The molecule has 0 heterocycles. The fraction of sp³-hybridized carbons (Fsp3) is 0.564. The average molecular weight is 610 g/mol. The molecule has 0 amide bonds. The first-order chi connectivity index (χ1) is 18.8. The van der Waals surface area contributed by atoms with Gasteiger partial charge in [0.15, 0.2) is 0 Å². The quantitative estimate of drug-likeness (QED) is 0.277. The molecule has 40 heavy (non-hydrogen) atoms. The fourth-order valence-electron chi connectivity index (χ4n) is 9.69. The first kappa shape index (κ1) is 27.5. The predicted octanol–water partition coefficient (Wildman–Crippen LogP) is 9.74. The number of hydrogen-bond acceptors (Lipinski definition) is 0. The van der Waals surface area contributed by atoms with Crippen molar-refractivity contribution in [3.63, 3.8) is 0 Å². The molecule has 0 N–H and O–H groups in total. The molecule has 0 radical (unpaired) electrons. The van der Waals surface area contributed by atoms with E-state index in [4.69, 9.17) is 0 Å². The molecule has 0 unspecified atom stereocenters. The van der Waals surface area contributed by atoms with Gasteiger partial charge in [-0.15, -0.1) is 0 Å². The monoisotopic (exact) mass is 608 g/mol. The summed E-state index contributed by atoms with van der Waals surface area (Å²) in [5, 5.41) is 0. The second kappa shape index (κ2) is 9.33. The van der Waals surface area contributed by atoms with Gasteiger partial charge in [-0.3, -0.25) is 0 Å². The molecule has 0 spiro atoms. The summed E-state index contributed by atoms with van der Waals surface area (Å²) in [6.45, 7) is 19.2. The summed E-state index contributed by atoms with van der Waals surface area (Å²) >= 11 is -2.23. The molecule has 0 aromatic heterocycles. The van der Waals surface area contributed by atoms with Gasteiger partial charge in [0.2, 0.25) is 0 Å². The van der Waals surface area contributed by atoms with Gasteiger partial charge in [0, 0.05) is 0 Å². The summed E-state index contributed by atoms with van der Waals surface area (Å²) in [4.78, 5) is 0. The number of allylic oxidation sites excluding steroid dienone is 4. The topological polar surface area (TPSA) is 0 Å². The molecule has 0 nitrogen and oxygen atoms in total. The molecule has 210 valence electrons. The standard InChI is InChI=1S/C21H25.C15H19.C3H6.Zr/c1-20(2,3)16-9-7-14-11-15-8-10-17(21(4,5)6)13-19(15)18(14)12-16;1-2-4-14(3-1)15-8-11-5-12(9-15)7-13(6-11)10-15;1-3-2;/h7,9-10,12-13H,11H2,1-6H3;3-4,11-13H,1,5-10H2;1-2H3;. The van der Waals surface area contributed by atoms with Gasteiger partial charge in [0.25, 0.3) is 0 Å². The van der Waals surface area contributed by atoms with Crippen LogP contribution in [-0.2, 0) is 38.5 Å². The Morgan fingerprint density at radius 2 is 1.38 bits per heavy atom. The van der Waals surface area contributed by atoms with Crippen LogP contribution in [0, 0.1) is 23.2 Å². The molecule has 4 saturated carbocycles. The van der Waals surface area contributed by atoms with E-state index in [1.807, 2.05) is 3.28 Å². The van der Waals surface area contributed by atoms with E-state index in [1.54, 1.807) is 28.7 Å². The van der Waals surface area contributed by atoms with E-state index < -0.39 is 21.3 Å². The Bertz CT molecular complexity index is 1450. The third-order valence-corrected chi connectivity index (χ3v) is 18.7. The van der Waals surface area contributed by atoms with Gasteiger partial charge < -0.3 is 0 Å². The molecule has 0 atom stereocenters. The molecular formula is C39H50Zr. The molecule has 0 aliphatic heterocycles. The number of hydrogen-bond donors (Lipinski definition) is 0. The van der Waals surface area contributed by atoms with Gasteiger partial charge in [0.05, 0.1) is 0 Å². The van der Waals surface area contributed by atoms with Crippen LogP contribution >= 0.6 is 0 Å². The molecule has 2 aromatic carbocycles. The Hall–Kier alpha value is -1.33. The number of rotatable bonds is 3. The van der Waals surface area contributed by atoms with Gasteiger partial charge in [-0.1, -0.05) is 0 Å². The van der Waals surface area contributed by atoms with Crippen molar-refractivity contribution in [3.05, 3.63) is 73.6 Å². The molecule has 4 fully saturated rings. The second-order valence-electron chi connectivity index (χ2n) is 16.7. The Morgan fingerprint density at radius 3 is 1.95 bits per heavy atom. The van der Waals surface area contributed by atoms with E-state index in [-0.39, 0.29) is 10.8 Å². The van der Waals surface area contributed by atoms with Crippen LogP contribution in [0.15, 0.2) is 51.3 Å². The molecule has 2 aromatic rings. The summed E-state index contributed by atoms with van der Waals surface area (Å²) in [6.07, 6.45) is 17.0. The van der Waals surface area contributed by atoms with Crippen molar-refractivity contribution in [2.45, 2.75) is 118 Å². The third kappa shape index (κ3) is 4.51. The minimum atomic E-state index is -2.23. The van der Waals surface area contributed by atoms with Gasteiger partial charge >= 0.3 is 253 Å². The molecular weight excluding hydrogens is 560 g/mol. The second-order valence-corrected chi connectivity index (χ2v) is 23.9. The Labute approximate surface area is 251 Å². The van der Waals surface area contributed by atoms with Gasteiger partial charge in [0.1, 0.15) is 0 Å². The zero-order valence-electron chi connectivity index (χ0n) is 26.4. The zero-order chi connectivity index (χ0) is 28.2. The van der Waals surface area contributed by atoms with E-state index in [2.05, 4.69) is 97.9 Å². The van der Waals surface area contributed by atoms with E-state index in [0.29, 0.717) is 5.41 Å². The van der Waals surface area contributed by atoms with Crippen LogP contribution in [0.4, 0.5) is 0 Å². The minimum absolute atomic E-state index is 0.150. The fourth-order valence-corrected chi connectivity index (χ4v) is 17.0. The summed E-state index contributed by atoms with van der Waals surface area (Å²) in [7, 11) is 0. The van der Waals surface area contributed by atoms with Crippen LogP contribution in [0.5, 0.6) is 0 Å². The summed E-state index contributed by atoms with van der Waals surface area (Å²) in [5.74, 6) is 3.06. The SMILES string of the molecule is C[C](C)=[Zr]([C]1=CC(C23CC4CC(CC(C4)C2)C3)=CC1)[c]1cc(C(C)(C)C)cc2c1Cc1ccc(C(C)(C)C)cc1-2. The normalized spacial score (nSPS) is 28.4. The number of fused-ring (bicyclic) bond motifs is 3. The van der Waals surface area contributed by atoms with Gasteiger partial charge in [-0.2, -0.15) is 0 Å². The van der Waals surface area contributed by atoms with Crippen LogP contribution in [0.3, 0.4) is 0 Å². The van der Waals surface area contributed by atoms with Crippen LogP contribution < -0.4 is 3.27 Å². The van der Waals surface area contributed by atoms with Gasteiger partial charge in [-0.05, 0) is 0 Å². The summed E-state index contributed by atoms with van der Waals surface area (Å²) in [5.41, 5.74) is 11.9. The average Bonchev–Trinajstić information content (AvgIpc) is 3.47. The maximum absolute atomic E-state index is 2.81. The first-order valence-corrected chi connectivity index (χ1v) is 19.9. The van der Waals surface area contributed by atoms with E-state index in [1.165, 1.54) is 61.6 Å². The zero-order valence-corrected chi connectivity index (χ0v) is 28.9. The predicted molar refractivity (Wildman–Crippen MR) is 169 cm³/mol.